The number of nitrogens with one attached hydrogen (secondary N) is 1. The number of allylic oxidation sites excluding steroid dienone is 1. The van der Waals surface area contributed by atoms with Gasteiger partial charge in [0, 0.05) is 23.3 Å². The maximum atomic E-state index is 12.1. The van der Waals surface area contributed by atoms with E-state index in [9.17, 15) is 9.59 Å². The molecule has 0 unspecified atom stereocenters. The van der Waals surface area contributed by atoms with Crippen molar-refractivity contribution in [2.75, 3.05) is 6.61 Å². The highest BCUT2D eigenvalue weighted by Crippen LogP contribution is 2.24. The van der Waals surface area contributed by atoms with Crippen LogP contribution < -0.4 is 0 Å². The van der Waals surface area contributed by atoms with Gasteiger partial charge in [-0.3, -0.25) is 4.79 Å². The zero-order valence-corrected chi connectivity index (χ0v) is 11.3. The molecule has 2 aromatic heterocycles. The first kappa shape index (κ1) is 13.1. The van der Waals surface area contributed by atoms with Gasteiger partial charge in [0.2, 0.25) is 5.78 Å². The van der Waals surface area contributed by atoms with Gasteiger partial charge in [0.05, 0.1) is 6.61 Å². The SMILES string of the molecule is CCOC(=O)C1=CO/C(=C\c2c[nH]c3ncccc23)C1=O. The summed E-state index contributed by atoms with van der Waals surface area (Å²) >= 11 is 0. The number of H-pyrrole nitrogens is 1. The number of carbonyl (C=O) groups excluding carboxylic acids is 2. The molecule has 6 heteroatoms. The predicted molar refractivity (Wildman–Crippen MR) is 74.9 cm³/mol. The standard InChI is InChI=1S/C15H12N2O4/c1-2-20-15(19)11-8-21-12(13(11)18)6-9-7-17-14-10(9)4-3-5-16-14/h3-8H,2H2,1H3,(H,16,17)/b12-6-. The Bertz CT molecular complexity index is 786. The van der Waals surface area contributed by atoms with E-state index in [0.717, 1.165) is 17.2 Å². The number of Topliss-reactive ketones (excluding diaryl/α,β-unsaturated/α-hetero) is 1. The van der Waals surface area contributed by atoms with E-state index in [0.29, 0.717) is 5.65 Å². The van der Waals surface area contributed by atoms with Crippen LogP contribution in [0.3, 0.4) is 0 Å². The highest BCUT2D eigenvalue weighted by molar-refractivity contribution is 6.25. The van der Waals surface area contributed by atoms with Crippen LogP contribution in [0.4, 0.5) is 0 Å². The molecule has 21 heavy (non-hydrogen) atoms. The summed E-state index contributed by atoms with van der Waals surface area (Å²) in [4.78, 5) is 30.8. The van der Waals surface area contributed by atoms with Crippen LogP contribution in [0.5, 0.6) is 0 Å². The second kappa shape index (κ2) is 5.24. The third-order valence-electron chi connectivity index (χ3n) is 3.04. The molecule has 0 bridgehead atoms. The van der Waals surface area contributed by atoms with Crippen LogP contribution in [0.1, 0.15) is 12.5 Å². The lowest BCUT2D eigenvalue weighted by Gasteiger charge is -1.99. The van der Waals surface area contributed by atoms with Gasteiger partial charge in [-0.2, -0.15) is 0 Å². The van der Waals surface area contributed by atoms with Crippen LogP contribution >= 0.6 is 0 Å². The van der Waals surface area contributed by atoms with E-state index < -0.39 is 11.8 Å². The smallest absolute Gasteiger partial charge is 0.345 e. The van der Waals surface area contributed by atoms with Crippen LogP contribution in [0, 0.1) is 0 Å². The van der Waals surface area contributed by atoms with E-state index in [4.69, 9.17) is 9.47 Å². The summed E-state index contributed by atoms with van der Waals surface area (Å²) in [5, 5.41) is 0.867. The van der Waals surface area contributed by atoms with Gasteiger partial charge in [-0.1, -0.05) is 0 Å². The van der Waals surface area contributed by atoms with E-state index in [2.05, 4.69) is 9.97 Å². The Kier molecular flexibility index (Phi) is 3.27. The quantitative estimate of drug-likeness (QED) is 0.529. The van der Waals surface area contributed by atoms with Gasteiger partial charge in [0.15, 0.2) is 5.76 Å². The zero-order chi connectivity index (χ0) is 14.8. The summed E-state index contributed by atoms with van der Waals surface area (Å²) < 4.78 is 9.98. The van der Waals surface area contributed by atoms with Crippen molar-refractivity contribution < 1.29 is 19.1 Å². The largest absolute Gasteiger partial charge is 0.462 e. The van der Waals surface area contributed by atoms with Gasteiger partial charge in [-0.25, -0.2) is 9.78 Å². The minimum Gasteiger partial charge on any atom is -0.462 e. The van der Waals surface area contributed by atoms with Crippen LogP contribution in [0.2, 0.25) is 0 Å². The van der Waals surface area contributed by atoms with Crippen molar-refractivity contribution in [3.05, 3.63) is 47.7 Å². The molecule has 0 aliphatic carbocycles. The Morgan fingerprint density at radius 2 is 2.38 bits per heavy atom. The molecule has 1 aliphatic rings. The lowest BCUT2D eigenvalue weighted by Crippen LogP contribution is -2.13. The number of esters is 1. The molecule has 0 saturated carbocycles. The minimum atomic E-state index is -0.675. The molecule has 0 fully saturated rings. The van der Waals surface area contributed by atoms with Crippen LogP contribution in [0.25, 0.3) is 17.1 Å². The molecule has 106 valence electrons. The molecule has 0 spiro atoms. The molecule has 2 aromatic rings. The minimum absolute atomic E-state index is 0.0859. The Labute approximate surface area is 120 Å². The number of fused-ring (bicyclic) bond motifs is 1. The van der Waals surface area contributed by atoms with Gasteiger partial charge in [-0.15, -0.1) is 0 Å². The third-order valence-corrected chi connectivity index (χ3v) is 3.04. The number of hydrogen-bond acceptors (Lipinski definition) is 5. The monoisotopic (exact) mass is 284 g/mol. The molecule has 1 N–H and O–H groups in total. The molecule has 3 heterocycles. The van der Waals surface area contributed by atoms with E-state index in [1.165, 1.54) is 0 Å². The zero-order valence-electron chi connectivity index (χ0n) is 11.3. The Balaban J connectivity index is 1.89. The molecular weight excluding hydrogens is 272 g/mol. The van der Waals surface area contributed by atoms with Crippen molar-refractivity contribution >= 4 is 28.9 Å². The van der Waals surface area contributed by atoms with Crippen molar-refractivity contribution in [1.82, 2.24) is 9.97 Å². The lowest BCUT2D eigenvalue weighted by molar-refractivity contribution is -0.139. The van der Waals surface area contributed by atoms with Crippen LogP contribution in [-0.2, 0) is 19.1 Å². The highest BCUT2D eigenvalue weighted by Gasteiger charge is 2.30. The summed E-state index contributed by atoms with van der Waals surface area (Å²) in [6, 6.07) is 3.68. The highest BCUT2D eigenvalue weighted by atomic mass is 16.5. The molecule has 0 radical (unpaired) electrons. The average molecular weight is 284 g/mol. The number of aromatic amines is 1. The Morgan fingerprint density at radius 1 is 1.52 bits per heavy atom. The van der Waals surface area contributed by atoms with Crippen LogP contribution in [-0.4, -0.2) is 28.3 Å². The fraction of sp³-hybridized carbons (Fsp3) is 0.133. The maximum absolute atomic E-state index is 12.1. The first-order valence-corrected chi connectivity index (χ1v) is 6.43. The number of hydrogen-bond donors (Lipinski definition) is 1. The summed E-state index contributed by atoms with van der Waals surface area (Å²) in [5.41, 5.74) is 1.38. The van der Waals surface area contributed by atoms with Gasteiger partial charge < -0.3 is 14.5 Å². The van der Waals surface area contributed by atoms with Gasteiger partial charge in [-0.05, 0) is 25.1 Å². The van der Waals surface area contributed by atoms with Crippen molar-refractivity contribution in [2.45, 2.75) is 6.92 Å². The second-order valence-electron chi connectivity index (χ2n) is 4.35. The lowest BCUT2D eigenvalue weighted by atomic mass is 10.1. The number of nitrogens with zero attached hydrogens (tertiary/aromatic N) is 1. The third kappa shape index (κ3) is 2.31. The number of rotatable bonds is 3. The molecule has 0 saturated heterocycles. The molecule has 0 amide bonds. The Morgan fingerprint density at radius 3 is 3.19 bits per heavy atom. The predicted octanol–water partition coefficient (Wildman–Crippen LogP) is 1.95. The van der Waals surface area contributed by atoms with E-state index in [1.807, 2.05) is 6.07 Å². The molecule has 0 aromatic carbocycles. The number of carbonyl (C=O) groups is 2. The summed E-state index contributed by atoms with van der Waals surface area (Å²) in [7, 11) is 0. The number of aromatic nitrogens is 2. The molecule has 3 rings (SSSR count). The first-order valence-electron chi connectivity index (χ1n) is 6.43. The summed E-state index contributed by atoms with van der Waals surface area (Å²) in [5.74, 6) is -1.07. The molecule has 1 aliphatic heterocycles. The van der Waals surface area contributed by atoms with Crippen molar-refractivity contribution in [2.24, 2.45) is 0 Å². The first-order chi connectivity index (χ1) is 10.2. The number of pyridine rings is 1. The Hall–Kier alpha value is -2.89. The fourth-order valence-corrected chi connectivity index (χ4v) is 2.05. The van der Waals surface area contributed by atoms with Gasteiger partial charge >= 0.3 is 5.97 Å². The summed E-state index contributed by atoms with van der Waals surface area (Å²) in [6.07, 6.45) is 6.10. The summed E-state index contributed by atoms with van der Waals surface area (Å²) in [6.45, 7) is 1.88. The number of ether oxygens (including phenoxy) is 2. The van der Waals surface area contributed by atoms with E-state index in [-0.39, 0.29) is 17.9 Å². The topological polar surface area (TPSA) is 81.3 Å². The second-order valence-corrected chi connectivity index (χ2v) is 4.35. The average Bonchev–Trinajstić information content (AvgIpc) is 3.05. The molecule has 0 atom stereocenters. The van der Waals surface area contributed by atoms with Gasteiger partial charge in [0.25, 0.3) is 0 Å². The van der Waals surface area contributed by atoms with Crippen molar-refractivity contribution in [1.29, 1.82) is 0 Å². The van der Waals surface area contributed by atoms with Crippen LogP contribution in [0.15, 0.2) is 42.1 Å². The normalized spacial score (nSPS) is 16.1. The van der Waals surface area contributed by atoms with Crippen molar-refractivity contribution in [3.63, 3.8) is 0 Å². The maximum Gasteiger partial charge on any atom is 0.345 e. The number of ketones is 1. The van der Waals surface area contributed by atoms with Crippen molar-refractivity contribution in [3.8, 4) is 0 Å². The fourth-order valence-electron chi connectivity index (χ4n) is 2.05. The van der Waals surface area contributed by atoms with E-state index in [1.54, 1.807) is 31.5 Å². The van der Waals surface area contributed by atoms with E-state index >= 15 is 0 Å². The van der Waals surface area contributed by atoms with Gasteiger partial charge in [0.1, 0.15) is 17.5 Å². The molecular formula is C15H12N2O4. The molecule has 6 nitrogen and oxygen atoms in total.